The number of guanidine groups is 1. The second kappa shape index (κ2) is 13.6. The lowest BCUT2D eigenvalue weighted by Gasteiger charge is -2.30. The monoisotopic (exact) mass is 569 g/mol. The topological polar surface area (TPSA) is 79.8 Å². The van der Waals surface area contributed by atoms with E-state index in [1.54, 1.807) is 0 Å². The van der Waals surface area contributed by atoms with Gasteiger partial charge >= 0.3 is 0 Å². The molecule has 0 radical (unpaired) electrons. The van der Waals surface area contributed by atoms with Gasteiger partial charge in [-0.1, -0.05) is 18.9 Å². The van der Waals surface area contributed by atoms with E-state index in [1.165, 1.54) is 50.1 Å². The number of sulfone groups is 1. The SMILES string of the molecule is CCNC(=NCc1cc(F)ccc1CS(C)(=O)=O)NCC1(CCOCC)CCCC1.I. The zero-order chi connectivity index (χ0) is 22.0. The smallest absolute Gasteiger partial charge is 0.191 e. The van der Waals surface area contributed by atoms with Gasteiger partial charge in [0.2, 0.25) is 0 Å². The van der Waals surface area contributed by atoms with Crippen LogP contribution in [0.5, 0.6) is 0 Å². The second-order valence-electron chi connectivity index (χ2n) is 8.19. The summed E-state index contributed by atoms with van der Waals surface area (Å²) in [6.07, 6.45) is 7.02. The second-order valence-corrected chi connectivity index (χ2v) is 10.3. The molecule has 0 saturated heterocycles. The van der Waals surface area contributed by atoms with Crippen LogP contribution in [0.15, 0.2) is 23.2 Å². The number of ether oxygens (including phenoxy) is 1. The first kappa shape index (κ1) is 28.1. The van der Waals surface area contributed by atoms with Gasteiger partial charge in [-0.3, -0.25) is 0 Å². The van der Waals surface area contributed by atoms with E-state index in [9.17, 15) is 12.8 Å². The number of nitrogens with one attached hydrogen (secondary N) is 2. The van der Waals surface area contributed by atoms with Crippen LogP contribution in [0.25, 0.3) is 0 Å². The average Bonchev–Trinajstić information content (AvgIpc) is 3.14. The molecular weight excluding hydrogens is 532 g/mol. The summed E-state index contributed by atoms with van der Waals surface area (Å²) >= 11 is 0. The Morgan fingerprint density at radius 1 is 1.19 bits per heavy atom. The van der Waals surface area contributed by atoms with Crippen LogP contribution in [0.4, 0.5) is 4.39 Å². The molecule has 0 bridgehead atoms. The van der Waals surface area contributed by atoms with Gasteiger partial charge in [-0.25, -0.2) is 17.8 Å². The van der Waals surface area contributed by atoms with E-state index >= 15 is 0 Å². The predicted octanol–water partition coefficient (Wildman–Crippen LogP) is 4.03. The summed E-state index contributed by atoms with van der Waals surface area (Å²) in [5, 5.41) is 6.69. The first-order chi connectivity index (χ1) is 14.3. The molecule has 1 aromatic rings. The summed E-state index contributed by atoms with van der Waals surface area (Å²) in [7, 11) is -3.22. The third kappa shape index (κ3) is 10.0. The summed E-state index contributed by atoms with van der Waals surface area (Å²) in [5.74, 6) is 0.147. The Hall–Kier alpha value is -0.940. The average molecular weight is 570 g/mol. The van der Waals surface area contributed by atoms with Gasteiger partial charge in [0, 0.05) is 32.6 Å². The summed E-state index contributed by atoms with van der Waals surface area (Å²) in [5.41, 5.74) is 1.39. The molecule has 1 aliphatic carbocycles. The van der Waals surface area contributed by atoms with Crippen LogP contribution in [0.1, 0.15) is 57.1 Å². The van der Waals surface area contributed by atoms with Gasteiger partial charge in [0.05, 0.1) is 12.3 Å². The van der Waals surface area contributed by atoms with Gasteiger partial charge in [0.1, 0.15) is 5.82 Å². The van der Waals surface area contributed by atoms with Gasteiger partial charge in [0.25, 0.3) is 0 Å². The maximum absolute atomic E-state index is 13.8. The molecule has 2 rings (SSSR count). The minimum absolute atomic E-state index is 0. The fourth-order valence-corrected chi connectivity index (χ4v) is 4.86. The molecule has 6 nitrogen and oxygen atoms in total. The number of nitrogens with zero attached hydrogens (tertiary/aromatic N) is 1. The molecular formula is C22H37FIN3O3S. The number of hydrogen-bond donors (Lipinski definition) is 2. The fourth-order valence-electron chi connectivity index (χ4n) is 4.02. The first-order valence-corrected chi connectivity index (χ1v) is 12.9. The van der Waals surface area contributed by atoms with Crippen molar-refractivity contribution in [1.29, 1.82) is 0 Å². The normalized spacial score (nSPS) is 16.1. The lowest BCUT2D eigenvalue weighted by Crippen LogP contribution is -2.43. The minimum Gasteiger partial charge on any atom is -0.382 e. The van der Waals surface area contributed by atoms with Crippen molar-refractivity contribution in [3.05, 3.63) is 35.1 Å². The number of hydrogen-bond acceptors (Lipinski definition) is 4. The largest absolute Gasteiger partial charge is 0.382 e. The van der Waals surface area contributed by atoms with Crippen molar-refractivity contribution in [2.45, 2.75) is 58.2 Å². The van der Waals surface area contributed by atoms with E-state index in [0.29, 0.717) is 23.6 Å². The molecule has 0 amide bonds. The lowest BCUT2D eigenvalue weighted by atomic mass is 9.83. The Balaban J connectivity index is 0.00000480. The van der Waals surface area contributed by atoms with Crippen molar-refractivity contribution in [2.24, 2.45) is 10.4 Å². The molecule has 0 unspecified atom stereocenters. The lowest BCUT2D eigenvalue weighted by molar-refractivity contribution is 0.105. The molecule has 178 valence electrons. The Morgan fingerprint density at radius 3 is 2.52 bits per heavy atom. The van der Waals surface area contributed by atoms with E-state index in [1.807, 2.05) is 13.8 Å². The van der Waals surface area contributed by atoms with Crippen molar-refractivity contribution < 1.29 is 17.5 Å². The van der Waals surface area contributed by atoms with E-state index in [-0.39, 0.29) is 41.7 Å². The third-order valence-electron chi connectivity index (χ3n) is 5.61. The Bertz CT molecular complexity index is 812. The molecule has 0 atom stereocenters. The van der Waals surface area contributed by atoms with Crippen molar-refractivity contribution in [2.75, 3.05) is 32.6 Å². The van der Waals surface area contributed by atoms with Crippen LogP contribution in [-0.2, 0) is 26.9 Å². The summed E-state index contributed by atoms with van der Waals surface area (Å²) in [6.45, 7) is 7.24. The van der Waals surface area contributed by atoms with Gasteiger partial charge in [0.15, 0.2) is 15.8 Å². The zero-order valence-electron chi connectivity index (χ0n) is 18.9. The van der Waals surface area contributed by atoms with Crippen LogP contribution in [0.3, 0.4) is 0 Å². The Morgan fingerprint density at radius 2 is 1.90 bits per heavy atom. The van der Waals surface area contributed by atoms with Gasteiger partial charge in [-0.05, 0) is 61.8 Å². The van der Waals surface area contributed by atoms with Crippen LogP contribution >= 0.6 is 24.0 Å². The highest BCUT2D eigenvalue weighted by Crippen LogP contribution is 2.40. The quantitative estimate of drug-likeness (QED) is 0.182. The molecule has 1 fully saturated rings. The maximum atomic E-state index is 13.8. The summed E-state index contributed by atoms with van der Waals surface area (Å²) < 4.78 is 42.8. The van der Waals surface area contributed by atoms with E-state index in [2.05, 4.69) is 15.6 Å². The Kier molecular flexibility index (Phi) is 12.3. The van der Waals surface area contributed by atoms with E-state index in [0.717, 1.165) is 26.2 Å². The standard InChI is InChI=1S/C22H36FN3O3S.HI/c1-4-24-21(26-17-22(10-6-7-11-22)12-13-29-5-2)25-15-19-14-20(23)9-8-18(19)16-30(3,27)28;/h8-9,14H,4-7,10-13,15-17H2,1-3H3,(H2,24,25,26);1H. The molecule has 1 aromatic carbocycles. The predicted molar refractivity (Wildman–Crippen MR) is 135 cm³/mol. The van der Waals surface area contributed by atoms with Crippen LogP contribution in [-0.4, -0.2) is 46.9 Å². The van der Waals surface area contributed by atoms with Gasteiger partial charge in [-0.15, -0.1) is 24.0 Å². The molecule has 0 heterocycles. The number of rotatable bonds is 11. The van der Waals surface area contributed by atoms with E-state index < -0.39 is 15.7 Å². The molecule has 2 N–H and O–H groups in total. The number of benzene rings is 1. The minimum atomic E-state index is -3.22. The maximum Gasteiger partial charge on any atom is 0.191 e. The van der Waals surface area contributed by atoms with Gasteiger partial charge < -0.3 is 15.4 Å². The Labute approximate surface area is 203 Å². The number of aliphatic imine (C=N–C) groups is 1. The summed E-state index contributed by atoms with van der Waals surface area (Å²) in [4.78, 5) is 4.61. The van der Waals surface area contributed by atoms with Crippen molar-refractivity contribution in [3.63, 3.8) is 0 Å². The van der Waals surface area contributed by atoms with Crippen molar-refractivity contribution in [3.8, 4) is 0 Å². The van der Waals surface area contributed by atoms with Crippen molar-refractivity contribution in [1.82, 2.24) is 10.6 Å². The fraction of sp³-hybridized carbons (Fsp3) is 0.682. The molecule has 0 aromatic heterocycles. The highest BCUT2D eigenvalue weighted by Gasteiger charge is 2.33. The van der Waals surface area contributed by atoms with Crippen LogP contribution < -0.4 is 10.6 Å². The number of halogens is 2. The molecule has 1 aliphatic rings. The molecule has 0 spiro atoms. The molecule has 31 heavy (non-hydrogen) atoms. The summed E-state index contributed by atoms with van der Waals surface area (Å²) in [6, 6.07) is 4.19. The van der Waals surface area contributed by atoms with Crippen LogP contribution in [0, 0.1) is 11.2 Å². The third-order valence-corrected chi connectivity index (χ3v) is 6.45. The highest BCUT2D eigenvalue weighted by atomic mass is 127. The van der Waals surface area contributed by atoms with Crippen molar-refractivity contribution >= 4 is 39.8 Å². The van der Waals surface area contributed by atoms with Gasteiger partial charge in [-0.2, -0.15) is 0 Å². The molecule has 0 aliphatic heterocycles. The first-order valence-electron chi connectivity index (χ1n) is 10.8. The van der Waals surface area contributed by atoms with E-state index in [4.69, 9.17) is 4.74 Å². The zero-order valence-corrected chi connectivity index (χ0v) is 22.0. The van der Waals surface area contributed by atoms with Crippen LogP contribution in [0.2, 0.25) is 0 Å². The molecule has 1 saturated carbocycles. The highest BCUT2D eigenvalue weighted by molar-refractivity contribution is 14.0. The molecule has 9 heteroatoms.